The molecule has 0 saturated carbocycles. The predicted molar refractivity (Wildman–Crippen MR) is 113 cm³/mol. The van der Waals surface area contributed by atoms with Crippen LogP contribution in [0.4, 0.5) is 0 Å². The van der Waals surface area contributed by atoms with E-state index in [2.05, 4.69) is 5.10 Å². The van der Waals surface area contributed by atoms with Gasteiger partial charge in [-0.1, -0.05) is 18.5 Å². The molecule has 2 heterocycles. The van der Waals surface area contributed by atoms with Gasteiger partial charge in [0.2, 0.25) is 5.91 Å². The molecule has 0 unspecified atom stereocenters. The Morgan fingerprint density at radius 3 is 2.90 bits per heavy atom. The third-order valence-corrected chi connectivity index (χ3v) is 5.42. The number of morpholine rings is 1. The van der Waals surface area contributed by atoms with Crippen LogP contribution in [0.15, 0.2) is 30.6 Å². The molecule has 0 spiro atoms. The van der Waals surface area contributed by atoms with E-state index in [4.69, 9.17) is 26.8 Å². The molecule has 162 valence electrons. The van der Waals surface area contributed by atoms with Crippen molar-refractivity contribution >= 4 is 23.4 Å². The molecule has 3 rings (SSSR count). The van der Waals surface area contributed by atoms with Crippen molar-refractivity contribution < 1.29 is 19.1 Å². The second-order valence-corrected chi connectivity index (χ2v) is 8.00. The van der Waals surface area contributed by atoms with Gasteiger partial charge in [-0.05, 0) is 37.1 Å². The monoisotopic (exact) mass is 434 g/mol. The summed E-state index contributed by atoms with van der Waals surface area (Å²) in [7, 11) is 0. The molecule has 2 amide bonds. The van der Waals surface area contributed by atoms with Gasteiger partial charge in [0.15, 0.2) is 0 Å². The first-order valence-corrected chi connectivity index (χ1v) is 10.3. The lowest BCUT2D eigenvalue weighted by Gasteiger charge is -2.41. The smallest absolute Gasteiger partial charge is 0.257 e. The normalized spacial score (nSPS) is 19.0. The van der Waals surface area contributed by atoms with Crippen molar-refractivity contribution in [3.8, 4) is 5.75 Å². The van der Waals surface area contributed by atoms with Crippen LogP contribution in [0.25, 0.3) is 0 Å². The van der Waals surface area contributed by atoms with Gasteiger partial charge in [0.05, 0.1) is 31.3 Å². The Labute approximate surface area is 180 Å². The van der Waals surface area contributed by atoms with Gasteiger partial charge in [-0.2, -0.15) is 5.10 Å². The van der Waals surface area contributed by atoms with Crippen LogP contribution in [0.3, 0.4) is 0 Å². The molecule has 1 aliphatic rings. The zero-order chi connectivity index (χ0) is 21.7. The number of carbonyl (C=O) groups excluding carboxylic acids is 2. The Balaban J connectivity index is 1.74. The van der Waals surface area contributed by atoms with Gasteiger partial charge in [0, 0.05) is 24.3 Å². The van der Waals surface area contributed by atoms with Gasteiger partial charge < -0.3 is 20.1 Å². The van der Waals surface area contributed by atoms with Crippen molar-refractivity contribution in [3.05, 3.63) is 46.7 Å². The summed E-state index contributed by atoms with van der Waals surface area (Å²) >= 11 is 6.07. The average molecular weight is 435 g/mol. The SMILES string of the molecule is CCCn1cc(C(=O)N2CCO[C@](COc3ccc(Cl)c(C)c3)(CC(N)=O)C2)cn1. The summed E-state index contributed by atoms with van der Waals surface area (Å²) in [5.74, 6) is -0.0681. The number of primary amides is 1. The Morgan fingerprint density at radius 1 is 1.40 bits per heavy atom. The van der Waals surface area contributed by atoms with Crippen molar-refractivity contribution in [1.82, 2.24) is 14.7 Å². The molecular formula is C21H27ClN4O4. The number of rotatable bonds is 8. The molecule has 1 aromatic heterocycles. The molecule has 0 bridgehead atoms. The van der Waals surface area contributed by atoms with Gasteiger partial charge >= 0.3 is 0 Å². The topological polar surface area (TPSA) is 99.7 Å². The van der Waals surface area contributed by atoms with Crippen LogP contribution in [0.1, 0.15) is 35.7 Å². The van der Waals surface area contributed by atoms with E-state index in [1.807, 2.05) is 19.9 Å². The first-order chi connectivity index (χ1) is 14.3. The molecule has 2 N–H and O–H groups in total. The lowest BCUT2D eigenvalue weighted by Crippen LogP contribution is -2.58. The first-order valence-electron chi connectivity index (χ1n) is 9.95. The van der Waals surface area contributed by atoms with E-state index in [9.17, 15) is 9.59 Å². The Bertz CT molecular complexity index is 916. The standard InChI is InChI=1S/C21H27ClN4O4/c1-3-6-26-12-16(11-24-26)20(28)25-7-8-30-21(13-25,10-19(23)27)14-29-17-4-5-18(22)15(2)9-17/h4-5,9,11-12H,3,6-8,10,13-14H2,1-2H3,(H2,23,27)/t21-/m1/s1. The van der Waals surface area contributed by atoms with Crippen molar-refractivity contribution in [2.24, 2.45) is 5.73 Å². The first kappa shape index (κ1) is 22.1. The number of amides is 2. The molecule has 2 aromatic rings. The van der Waals surface area contributed by atoms with Crippen LogP contribution < -0.4 is 10.5 Å². The minimum Gasteiger partial charge on any atom is -0.490 e. The van der Waals surface area contributed by atoms with Crippen molar-refractivity contribution in [3.63, 3.8) is 0 Å². The Hall–Kier alpha value is -2.58. The van der Waals surface area contributed by atoms with E-state index in [-0.39, 0.29) is 32.1 Å². The van der Waals surface area contributed by atoms with Crippen LogP contribution in [0, 0.1) is 6.92 Å². The number of benzene rings is 1. The number of ether oxygens (including phenoxy) is 2. The molecule has 30 heavy (non-hydrogen) atoms. The van der Waals surface area contributed by atoms with E-state index in [1.165, 1.54) is 0 Å². The Morgan fingerprint density at radius 2 is 2.20 bits per heavy atom. The summed E-state index contributed by atoms with van der Waals surface area (Å²) in [5, 5.41) is 4.87. The van der Waals surface area contributed by atoms with Gasteiger partial charge in [-0.15, -0.1) is 0 Å². The molecule has 0 aliphatic carbocycles. The molecule has 0 radical (unpaired) electrons. The summed E-state index contributed by atoms with van der Waals surface area (Å²) < 4.78 is 13.6. The zero-order valence-corrected chi connectivity index (χ0v) is 18.0. The predicted octanol–water partition coefficient (Wildman–Crippen LogP) is 2.42. The lowest BCUT2D eigenvalue weighted by molar-refractivity contribution is -0.142. The highest BCUT2D eigenvalue weighted by molar-refractivity contribution is 6.31. The number of halogens is 1. The fraction of sp³-hybridized carbons (Fsp3) is 0.476. The summed E-state index contributed by atoms with van der Waals surface area (Å²) in [4.78, 5) is 26.4. The third-order valence-electron chi connectivity index (χ3n) is 5.00. The van der Waals surface area contributed by atoms with E-state index >= 15 is 0 Å². The lowest BCUT2D eigenvalue weighted by atomic mass is 9.97. The second-order valence-electron chi connectivity index (χ2n) is 7.59. The highest BCUT2D eigenvalue weighted by atomic mass is 35.5. The maximum atomic E-state index is 13.0. The molecule has 1 atom stereocenters. The van der Waals surface area contributed by atoms with Crippen LogP contribution in [-0.2, 0) is 16.1 Å². The van der Waals surface area contributed by atoms with E-state index in [1.54, 1.807) is 34.1 Å². The highest BCUT2D eigenvalue weighted by Gasteiger charge is 2.41. The summed E-state index contributed by atoms with van der Waals surface area (Å²) in [6.45, 7) is 5.64. The van der Waals surface area contributed by atoms with Crippen LogP contribution in [-0.4, -0.2) is 58.4 Å². The minimum atomic E-state index is -1.02. The quantitative estimate of drug-likeness (QED) is 0.687. The number of carbonyl (C=O) groups is 2. The molecule has 1 saturated heterocycles. The number of hydrogen-bond donors (Lipinski definition) is 1. The molecule has 8 nitrogen and oxygen atoms in total. The van der Waals surface area contributed by atoms with E-state index < -0.39 is 11.5 Å². The van der Waals surface area contributed by atoms with E-state index in [0.29, 0.717) is 22.9 Å². The van der Waals surface area contributed by atoms with Crippen molar-refractivity contribution in [1.29, 1.82) is 0 Å². The summed E-state index contributed by atoms with van der Waals surface area (Å²) in [5.41, 5.74) is 5.85. The van der Waals surface area contributed by atoms with Gasteiger partial charge in [-0.25, -0.2) is 0 Å². The number of aromatic nitrogens is 2. The van der Waals surface area contributed by atoms with Crippen LogP contribution >= 0.6 is 11.6 Å². The van der Waals surface area contributed by atoms with Crippen molar-refractivity contribution in [2.45, 2.75) is 38.8 Å². The van der Waals surface area contributed by atoms with Gasteiger partial charge in [-0.3, -0.25) is 14.3 Å². The van der Waals surface area contributed by atoms with Gasteiger partial charge in [0.1, 0.15) is 18.0 Å². The highest BCUT2D eigenvalue weighted by Crippen LogP contribution is 2.27. The van der Waals surface area contributed by atoms with E-state index in [0.717, 1.165) is 18.5 Å². The van der Waals surface area contributed by atoms with Gasteiger partial charge in [0.25, 0.3) is 5.91 Å². The molecule has 1 aliphatic heterocycles. The number of nitrogens with zero attached hydrogens (tertiary/aromatic N) is 3. The molecule has 1 aromatic carbocycles. The number of hydrogen-bond acceptors (Lipinski definition) is 5. The number of aryl methyl sites for hydroxylation is 2. The zero-order valence-electron chi connectivity index (χ0n) is 17.3. The number of nitrogens with two attached hydrogens (primary N) is 1. The average Bonchev–Trinajstić information content (AvgIpc) is 3.17. The van der Waals surface area contributed by atoms with Crippen molar-refractivity contribution in [2.75, 3.05) is 26.3 Å². The summed E-state index contributed by atoms with van der Waals surface area (Å²) in [6, 6.07) is 5.31. The largest absolute Gasteiger partial charge is 0.490 e. The summed E-state index contributed by atoms with van der Waals surface area (Å²) in [6.07, 6.45) is 4.18. The Kier molecular flexibility index (Phi) is 6.99. The second kappa shape index (κ2) is 9.49. The maximum Gasteiger partial charge on any atom is 0.257 e. The van der Waals surface area contributed by atoms with Crippen LogP contribution in [0.2, 0.25) is 5.02 Å². The van der Waals surface area contributed by atoms with Crippen LogP contribution in [0.5, 0.6) is 5.75 Å². The third kappa shape index (κ3) is 5.31. The minimum absolute atomic E-state index is 0.0571. The maximum absolute atomic E-state index is 13.0. The fourth-order valence-corrected chi connectivity index (χ4v) is 3.63. The molecular weight excluding hydrogens is 408 g/mol. The molecule has 1 fully saturated rings. The fourth-order valence-electron chi connectivity index (χ4n) is 3.51. The molecule has 9 heteroatoms.